The van der Waals surface area contributed by atoms with E-state index in [1.165, 1.54) is 12.1 Å². The van der Waals surface area contributed by atoms with Gasteiger partial charge in [-0.25, -0.2) is 0 Å². The molecule has 0 saturated heterocycles. The lowest BCUT2D eigenvalue weighted by Gasteiger charge is -2.10. The minimum atomic E-state index is -4.41. The van der Waals surface area contributed by atoms with Crippen LogP contribution in [0.2, 0.25) is 0 Å². The SMILES string of the molecule is Cc1cccc2c(=O)cc(-c3cccc(C(F)(F)F)c3)[nH]c12. The lowest BCUT2D eigenvalue weighted by Crippen LogP contribution is -2.06. The quantitative estimate of drug-likeness (QED) is 0.704. The van der Waals surface area contributed by atoms with Gasteiger partial charge in [0.05, 0.1) is 11.1 Å². The average Bonchev–Trinajstić information content (AvgIpc) is 2.47. The molecule has 0 atom stereocenters. The Morgan fingerprint density at radius 2 is 1.73 bits per heavy atom. The minimum Gasteiger partial charge on any atom is -0.354 e. The van der Waals surface area contributed by atoms with E-state index in [4.69, 9.17) is 0 Å². The third-order valence-corrected chi connectivity index (χ3v) is 3.57. The summed E-state index contributed by atoms with van der Waals surface area (Å²) in [5, 5.41) is 0.524. The lowest BCUT2D eigenvalue weighted by molar-refractivity contribution is -0.137. The molecule has 5 heteroatoms. The van der Waals surface area contributed by atoms with E-state index in [1.807, 2.05) is 13.0 Å². The van der Waals surface area contributed by atoms with Gasteiger partial charge in [-0.2, -0.15) is 13.2 Å². The minimum absolute atomic E-state index is 0.218. The Balaban J connectivity index is 2.23. The number of hydrogen-bond donors (Lipinski definition) is 1. The summed E-state index contributed by atoms with van der Waals surface area (Å²) in [6.07, 6.45) is -4.41. The van der Waals surface area contributed by atoms with Gasteiger partial charge in [0.1, 0.15) is 0 Å². The molecule has 0 aliphatic carbocycles. The largest absolute Gasteiger partial charge is 0.416 e. The summed E-state index contributed by atoms with van der Waals surface area (Å²) in [5.41, 5.74) is 1.25. The molecule has 0 spiro atoms. The predicted molar refractivity (Wildman–Crippen MR) is 79.7 cm³/mol. The Labute approximate surface area is 124 Å². The number of para-hydroxylation sites is 1. The van der Waals surface area contributed by atoms with Crippen LogP contribution in [0.4, 0.5) is 13.2 Å². The van der Waals surface area contributed by atoms with Crippen molar-refractivity contribution in [3.05, 3.63) is 69.9 Å². The highest BCUT2D eigenvalue weighted by Gasteiger charge is 2.30. The Bertz CT molecular complexity index is 910. The Morgan fingerprint density at radius 1 is 1.00 bits per heavy atom. The number of H-pyrrole nitrogens is 1. The topological polar surface area (TPSA) is 32.9 Å². The molecule has 0 radical (unpaired) electrons. The van der Waals surface area contributed by atoms with Gasteiger partial charge in [0, 0.05) is 17.1 Å². The monoisotopic (exact) mass is 303 g/mol. The molecule has 2 aromatic carbocycles. The standard InChI is InChI=1S/C17H12F3NO/c1-10-4-2-7-13-15(22)9-14(21-16(10)13)11-5-3-6-12(8-11)17(18,19)20/h2-9H,1H3,(H,21,22). The number of nitrogens with one attached hydrogen (secondary N) is 1. The highest BCUT2D eigenvalue weighted by Crippen LogP contribution is 2.31. The molecule has 0 aliphatic rings. The molecule has 3 rings (SSSR count). The van der Waals surface area contributed by atoms with E-state index >= 15 is 0 Å². The molecule has 2 nitrogen and oxygen atoms in total. The van der Waals surface area contributed by atoms with Crippen LogP contribution in [0, 0.1) is 6.92 Å². The number of rotatable bonds is 1. The van der Waals surface area contributed by atoms with Gasteiger partial charge in [0.2, 0.25) is 0 Å². The number of benzene rings is 2. The van der Waals surface area contributed by atoms with Crippen LogP contribution in [0.15, 0.2) is 53.3 Å². The summed E-state index contributed by atoms with van der Waals surface area (Å²) < 4.78 is 38.4. The summed E-state index contributed by atoms with van der Waals surface area (Å²) in [6, 6.07) is 11.6. The second-order valence-electron chi connectivity index (χ2n) is 5.12. The van der Waals surface area contributed by atoms with Gasteiger partial charge >= 0.3 is 6.18 Å². The number of fused-ring (bicyclic) bond motifs is 1. The summed E-state index contributed by atoms with van der Waals surface area (Å²) in [6.45, 7) is 1.84. The van der Waals surface area contributed by atoms with Crippen molar-refractivity contribution in [2.24, 2.45) is 0 Å². The molecule has 0 amide bonds. The maximum Gasteiger partial charge on any atom is 0.416 e. The summed E-state index contributed by atoms with van der Waals surface area (Å²) in [5.74, 6) is 0. The fourth-order valence-electron chi connectivity index (χ4n) is 2.44. The number of alkyl halides is 3. The van der Waals surface area contributed by atoms with E-state index in [0.29, 0.717) is 22.2 Å². The average molecular weight is 303 g/mol. The zero-order valence-corrected chi connectivity index (χ0v) is 11.7. The number of hydrogen-bond acceptors (Lipinski definition) is 1. The molecule has 1 heterocycles. The summed E-state index contributed by atoms with van der Waals surface area (Å²) in [4.78, 5) is 15.2. The van der Waals surface area contributed by atoms with Crippen molar-refractivity contribution in [2.45, 2.75) is 13.1 Å². The molecular weight excluding hydrogens is 291 g/mol. The number of aromatic nitrogens is 1. The number of aryl methyl sites for hydroxylation is 1. The highest BCUT2D eigenvalue weighted by atomic mass is 19.4. The predicted octanol–water partition coefficient (Wildman–Crippen LogP) is 4.52. The van der Waals surface area contributed by atoms with E-state index in [2.05, 4.69) is 4.98 Å². The fourth-order valence-corrected chi connectivity index (χ4v) is 2.44. The number of pyridine rings is 1. The van der Waals surface area contributed by atoms with Crippen molar-refractivity contribution >= 4 is 10.9 Å². The van der Waals surface area contributed by atoms with Crippen molar-refractivity contribution in [3.8, 4) is 11.3 Å². The van der Waals surface area contributed by atoms with E-state index in [1.54, 1.807) is 18.2 Å². The second kappa shape index (κ2) is 5.02. The molecule has 0 aliphatic heterocycles. The summed E-state index contributed by atoms with van der Waals surface area (Å²) in [7, 11) is 0. The van der Waals surface area contributed by atoms with Crippen LogP contribution in [0.1, 0.15) is 11.1 Å². The van der Waals surface area contributed by atoms with Crippen LogP contribution in [0.25, 0.3) is 22.2 Å². The zero-order chi connectivity index (χ0) is 15.9. The van der Waals surface area contributed by atoms with E-state index in [9.17, 15) is 18.0 Å². The van der Waals surface area contributed by atoms with Gasteiger partial charge in [0.25, 0.3) is 0 Å². The third kappa shape index (κ3) is 2.50. The Hall–Kier alpha value is -2.56. The maximum absolute atomic E-state index is 12.8. The zero-order valence-electron chi connectivity index (χ0n) is 11.7. The first-order valence-corrected chi connectivity index (χ1v) is 6.66. The molecule has 0 fully saturated rings. The van der Waals surface area contributed by atoms with E-state index in [-0.39, 0.29) is 5.43 Å². The maximum atomic E-state index is 12.8. The lowest BCUT2D eigenvalue weighted by atomic mass is 10.0. The fraction of sp³-hybridized carbons (Fsp3) is 0.118. The Kier molecular flexibility index (Phi) is 3.28. The van der Waals surface area contributed by atoms with Crippen LogP contribution in [-0.4, -0.2) is 4.98 Å². The summed E-state index contributed by atoms with van der Waals surface area (Å²) >= 11 is 0. The van der Waals surface area contributed by atoms with Crippen LogP contribution in [0.3, 0.4) is 0 Å². The molecule has 1 aromatic heterocycles. The smallest absolute Gasteiger partial charge is 0.354 e. The van der Waals surface area contributed by atoms with Crippen molar-refractivity contribution in [2.75, 3.05) is 0 Å². The van der Waals surface area contributed by atoms with Crippen LogP contribution in [0.5, 0.6) is 0 Å². The van der Waals surface area contributed by atoms with Crippen molar-refractivity contribution in [1.29, 1.82) is 0 Å². The van der Waals surface area contributed by atoms with Gasteiger partial charge in [0.15, 0.2) is 5.43 Å². The van der Waals surface area contributed by atoms with Crippen molar-refractivity contribution in [1.82, 2.24) is 4.98 Å². The normalized spacial score (nSPS) is 11.8. The molecule has 112 valence electrons. The number of halogens is 3. The van der Waals surface area contributed by atoms with Crippen molar-refractivity contribution in [3.63, 3.8) is 0 Å². The van der Waals surface area contributed by atoms with Gasteiger partial charge in [-0.3, -0.25) is 4.79 Å². The first-order chi connectivity index (χ1) is 10.4. The van der Waals surface area contributed by atoms with E-state index in [0.717, 1.165) is 17.7 Å². The third-order valence-electron chi connectivity index (χ3n) is 3.57. The first-order valence-electron chi connectivity index (χ1n) is 6.66. The Morgan fingerprint density at radius 3 is 2.45 bits per heavy atom. The molecule has 1 N–H and O–H groups in total. The van der Waals surface area contributed by atoms with Gasteiger partial charge < -0.3 is 4.98 Å². The number of aromatic amines is 1. The van der Waals surface area contributed by atoms with Crippen LogP contribution in [-0.2, 0) is 6.18 Å². The van der Waals surface area contributed by atoms with Gasteiger partial charge in [-0.05, 0) is 36.2 Å². The second-order valence-corrected chi connectivity index (χ2v) is 5.12. The molecular formula is C17H12F3NO. The van der Waals surface area contributed by atoms with Crippen LogP contribution < -0.4 is 5.43 Å². The molecule has 3 aromatic rings. The molecule has 22 heavy (non-hydrogen) atoms. The van der Waals surface area contributed by atoms with Crippen LogP contribution >= 0.6 is 0 Å². The molecule has 0 saturated carbocycles. The first kappa shape index (κ1) is 14.4. The van der Waals surface area contributed by atoms with Crippen molar-refractivity contribution < 1.29 is 13.2 Å². The molecule has 0 unspecified atom stereocenters. The highest BCUT2D eigenvalue weighted by molar-refractivity contribution is 5.84. The molecule has 0 bridgehead atoms. The van der Waals surface area contributed by atoms with E-state index < -0.39 is 11.7 Å². The van der Waals surface area contributed by atoms with Gasteiger partial charge in [-0.1, -0.05) is 24.3 Å². The van der Waals surface area contributed by atoms with Gasteiger partial charge in [-0.15, -0.1) is 0 Å².